The molecule has 1 nitrogen and oxygen atoms in total. The summed E-state index contributed by atoms with van der Waals surface area (Å²) in [5.41, 5.74) is 1.90. The van der Waals surface area contributed by atoms with Gasteiger partial charge in [-0.3, -0.25) is 0 Å². The highest BCUT2D eigenvalue weighted by atomic mass is 16.3. The van der Waals surface area contributed by atoms with Crippen LogP contribution in [0.25, 0.3) is 109 Å². The minimum Gasteiger partial charge on any atom is -0.456 e. The van der Waals surface area contributed by atoms with Crippen molar-refractivity contribution in [2.75, 3.05) is 0 Å². The Kier molecular flexibility index (Phi) is 3.70. The highest BCUT2D eigenvalue weighted by Crippen LogP contribution is 2.50. The van der Waals surface area contributed by atoms with Gasteiger partial charge in [-0.15, -0.1) is 0 Å². The predicted octanol–water partition coefficient (Wildman–Crippen LogP) is 14.4. The number of hydrogen-bond acceptors (Lipinski definition) is 1. The van der Waals surface area contributed by atoms with Crippen LogP contribution in [0.15, 0.2) is 186 Å². The molecule has 0 radical (unpaired) electrons. The number of rotatable bonds is 3. The molecule has 11 rings (SSSR count). The SMILES string of the molecule is [2H]c1c([2H])c([2H])c2c(-c3c4c([2H])c([2H])c([2H])c([2H])c4c(-c4ccc5ccccc5c4-c4cccc5oc6ccc7ccccc7c6c45)c4c([2H])c([2H])c([2H])c([2H])c34)c([2H])c([2H])c([2H])c2c1[2H]. The molecule has 1 heteroatoms. The molecule has 10 aromatic carbocycles. The van der Waals surface area contributed by atoms with E-state index in [2.05, 4.69) is 0 Å². The first-order valence-corrected chi connectivity index (χ1v) is 16.4. The van der Waals surface area contributed by atoms with Crippen LogP contribution in [0.3, 0.4) is 0 Å². The number of fused-ring (bicyclic) bond motifs is 9. The average Bonchev–Trinajstić information content (AvgIpc) is 3.73. The molecule has 0 atom stereocenters. The number of benzene rings is 10. The van der Waals surface area contributed by atoms with Gasteiger partial charge < -0.3 is 4.42 Å². The topological polar surface area (TPSA) is 13.1 Å². The lowest BCUT2D eigenvalue weighted by atomic mass is 9.81. The summed E-state index contributed by atoms with van der Waals surface area (Å²) in [5.74, 6) is 0. The van der Waals surface area contributed by atoms with Crippen molar-refractivity contribution in [1.82, 2.24) is 0 Å². The maximum Gasteiger partial charge on any atom is 0.136 e. The molecule has 236 valence electrons. The van der Waals surface area contributed by atoms with Gasteiger partial charge in [0.15, 0.2) is 0 Å². The van der Waals surface area contributed by atoms with Crippen molar-refractivity contribution in [3.8, 4) is 33.4 Å². The van der Waals surface area contributed by atoms with Crippen molar-refractivity contribution in [3.63, 3.8) is 0 Å². The Labute approximate surface area is 315 Å². The lowest BCUT2D eigenvalue weighted by molar-refractivity contribution is 0.669. The lowest BCUT2D eigenvalue weighted by Gasteiger charge is -2.21. The zero-order valence-electron chi connectivity index (χ0n) is 41.6. The van der Waals surface area contributed by atoms with E-state index in [0.29, 0.717) is 33.2 Å². The fourth-order valence-electron chi connectivity index (χ4n) is 7.71. The van der Waals surface area contributed by atoms with Gasteiger partial charge in [-0.05, 0) is 99.4 Å². The molecule has 0 aliphatic rings. The van der Waals surface area contributed by atoms with Crippen LogP contribution in [0, 0.1) is 0 Å². The van der Waals surface area contributed by atoms with E-state index in [9.17, 15) is 6.85 Å². The minimum atomic E-state index is -0.764. The van der Waals surface area contributed by atoms with Crippen LogP contribution < -0.4 is 0 Å². The predicted molar refractivity (Wildman–Crippen MR) is 218 cm³/mol. The lowest BCUT2D eigenvalue weighted by Crippen LogP contribution is -1.94. The van der Waals surface area contributed by atoms with E-state index in [4.69, 9.17) is 18.1 Å². The van der Waals surface area contributed by atoms with E-state index in [-0.39, 0.29) is 32.7 Å². The van der Waals surface area contributed by atoms with E-state index in [0.717, 1.165) is 26.9 Å². The van der Waals surface area contributed by atoms with Crippen molar-refractivity contribution in [2.24, 2.45) is 0 Å². The Balaban J connectivity index is 1.46. The number of hydrogen-bond donors (Lipinski definition) is 0. The van der Waals surface area contributed by atoms with E-state index < -0.39 is 107 Å². The first-order valence-electron chi connectivity index (χ1n) is 23.9. The Bertz CT molecular complexity index is 3970. The summed E-state index contributed by atoms with van der Waals surface area (Å²) in [7, 11) is 0. The normalized spacial score (nSPS) is 16.0. The standard InChI is InChI=1S/C50H30O/c1-4-17-34-31(13-1)16-11-24-37(34)47-38-20-7-9-22-40(38)48(41-23-10-8-21-39(41)47)43-29-27-32-14-2-5-18-35(32)46(43)42-25-12-26-44-50(42)49-36-19-6-3-15-33(36)28-30-45(49)51-44/h1-30H/i1D,4D,7D,8D,9D,10D,11D,13D,16D,17D,20D,21D,22D,23D,24D. The van der Waals surface area contributed by atoms with Crippen LogP contribution in [-0.2, 0) is 0 Å². The van der Waals surface area contributed by atoms with Gasteiger partial charge in [-0.2, -0.15) is 0 Å². The van der Waals surface area contributed by atoms with E-state index in [1.165, 1.54) is 0 Å². The Morgan fingerprint density at radius 2 is 0.882 bits per heavy atom. The zero-order chi connectivity index (χ0) is 46.5. The van der Waals surface area contributed by atoms with Gasteiger partial charge in [0.2, 0.25) is 0 Å². The van der Waals surface area contributed by atoms with Gasteiger partial charge >= 0.3 is 0 Å². The molecule has 0 unspecified atom stereocenters. The summed E-state index contributed by atoms with van der Waals surface area (Å²) in [4.78, 5) is 0. The second-order valence-electron chi connectivity index (χ2n) is 12.4. The Morgan fingerprint density at radius 3 is 1.63 bits per heavy atom. The van der Waals surface area contributed by atoms with Gasteiger partial charge in [0.1, 0.15) is 11.2 Å². The van der Waals surface area contributed by atoms with Crippen LogP contribution in [0.5, 0.6) is 0 Å². The number of furan rings is 1. The van der Waals surface area contributed by atoms with Crippen LogP contribution >= 0.6 is 0 Å². The maximum absolute atomic E-state index is 9.71. The summed E-state index contributed by atoms with van der Waals surface area (Å²) < 4.78 is 144. The minimum absolute atomic E-state index is 0.0131. The van der Waals surface area contributed by atoms with Gasteiger partial charge in [0.05, 0.1) is 20.6 Å². The summed E-state index contributed by atoms with van der Waals surface area (Å²) >= 11 is 0. The van der Waals surface area contributed by atoms with Crippen molar-refractivity contribution in [3.05, 3.63) is 182 Å². The molecule has 11 aromatic rings. The summed E-state index contributed by atoms with van der Waals surface area (Å²) in [6.45, 7) is 0. The van der Waals surface area contributed by atoms with E-state index >= 15 is 0 Å². The molecule has 1 aromatic heterocycles. The molecule has 0 N–H and O–H groups in total. The largest absolute Gasteiger partial charge is 0.456 e. The van der Waals surface area contributed by atoms with Crippen molar-refractivity contribution < 1.29 is 25.0 Å². The van der Waals surface area contributed by atoms with Crippen molar-refractivity contribution in [1.29, 1.82) is 0 Å². The molecule has 0 aliphatic heterocycles. The van der Waals surface area contributed by atoms with Crippen molar-refractivity contribution >= 4 is 75.8 Å². The summed E-state index contributed by atoms with van der Waals surface area (Å²) in [5, 5.41) is 3.02. The summed E-state index contributed by atoms with van der Waals surface area (Å²) in [6, 6.07) is 18.2. The Hall–Kier alpha value is -6.70. The zero-order valence-corrected chi connectivity index (χ0v) is 26.6. The first-order chi connectivity index (χ1) is 31.6. The van der Waals surface area contributed by atoms with Crippen LogP contribution in [0.1, 0.15) is 20.6 Å². The maximum atomic E-state index is 9.71. The molecule has 0 spiro atoms. The van der Waals surface area contributed by atoms with Crippen LogP contribution in [0.2, 0.25) is 0 Å². The average molecular weight is 662 g/mol. The molecule has 51 heavy (non-hydrogen) atoms. The van der Waals surface area contributed by atoms with Gasteiger partial charge in [-0.25, -0.2) is 0 Å². The highest BCUT2D eigenvalue weighted by Gasteiger charge is 2.23. The quantitative estimate of drug-likeness (QED) is 0.172. The molecule has 0 bridgehead atoms. The molecule has 0 amide bonds. The third-order valence-corrected chi connectivity index (χ3v) is 9.79. The third-order valence-electron chi connectivity index (χ3n) is 9.79. The van der Waals surface area contributed by atoms with Gasteiger partial charge in [0.25, 0.3) is 0 Å². The molecule has 0 fully saturated rings. The Morgan fingerprint density at radius 1 is 0.314 bits per heavy atom. The van der Waals surface area contributed by atoms with Crippen molar-refractivity contribution in [2.45, 2.75) is 0 Å². The fourth-order valence-corrected chi connectivity index (χ4v) is 7.71. The second-order valence-corrected chi connectivity index (χ2v) is 12.4. The molecular weight excluding hydrogens is 617 g/mol. The molecular formula is C50H30O. The smallest absolute Gasteiger partial charge is 0.136 e. The van der Waals surface area contributed by atoms with Crippen LogP contribution in [0.4, 0.5) is 0 Å². The fraction of sp³-hybridized carbons (Fsp3) is 0. The third kappa shape index (κ3) is 4.09. The molecule has 0 saturated carbocycles. The molecule has 0 aliphatic carbocycles. The van der Waals surface area contributed by atoms with Gasteiger partial charge in [-0.1, -0.05) is 169 Å². The van der Waals surface area contributed by atoms with E-state index in [1.54, 1.807) is 6.07 Å². The highest BCUT2D eigenvalue weighted by molar-refractivity contribution is 6.28. The van der Waals surface area contributed by atoms with Crippen LogP contribution in [-0.4, -0.2) is 0 Å². The monoisotopic (exact) mass is 661 g/mol. The van der Waals surface area contributed by atoms with E-state index in [1.807, 2.05) is 84.9 Å². The summed E-state index contributed by atoms with van der Waals surface area (Å²) in [6.07, 6.45) is 0. The first kappa shape index (κ1) is 17.3. The van der Waals surface area contributed by atoms with Gasteiger partial charge in [0, 0.05) is 10.8 Å². The second kappa shape index (κ2) is 10.9. The molecule has 1 heterocycles. The molecule has 0 saturated heterocycles.